The Hall–Kier alpha value is -5.37. The van der Waals surface area contributed by atoms with Crippen molar-refractivity contribution >= 4 is 34.5 Å². The predicted octanol–water partition coefficient (Wildman–Crippen LogP) is 2.82. The average molecular weight is 685 g/mol. The minimum Gasteiger partial charge on any atom is -0.398 e. The van der Waals surface area contributed by atoms with E-state index in [4.69, 9.17) is 11.1 Å². The predicted molar refractivity (Wildman–Crippen MR) is 181 cm³/mol. The first-order chi connectivity index (χ1) is 23.9. The van der Waals surface area contributed by atoms with E-state index in [2.05, 4.69) is 38.2 Å². The van der Waals surface area contributed by atoms with Gasteiger partial charge in [0.2, 0.25) is 17.5 Å². The average Bonchev–Trinajstić information content (AvgIpc) is 3.83. The Morgan fingerprint density at radius 3 is 2.48 bits per heavy atom. The highest BCUT2D eigenvalue weighted by molar-refractivity contribution is 6.13. The highest BCUT2D eigenvalue weighted by atomic mass is 19.4. The maximum absolute atomic E-state index is 13.9. The number of carbonyl (C=O) groups excluding carboxylic acids is 2. The normalized spacial score (nSPS) is 19.8. The molecule has 1 atom stereocenters. The first-order valence-electron chi connectivity index (χ1n) is 16.4. The molecule has 0 bridgehead atoms. The zero-order chi connectivity index (χ0) is 35.2. The number of anilines is 2. The molecular weight excluding hydrogens is 647 g/mol. The van der Waals surface area contributed by atoms with E-state index in [1.54, 1.807) is 34.1 Å². The van der Waals surface area contributed by atoms with E-state index in [1.807, 2.05) is 24.1 Å². The summed E-state index contributed by atoms with van der Waals surface area (Å²) in [6.45, 7) is 2.88. The Balaban J connectivity index is 0.975. The lowest BCUT2D eigenvalue weighted by molar-refractivity contribution is -0.139. The summed E-state index contributed by atoms with van der Waals surface area (Å²) in [6.07, 6.45) is 3.21. The van der Waals surface area contributed by atoms with Crippen molar-refractivity contribution in [1.82, 2.24) is 29.5 Å². The third-order valence-electron chi connectivity index (χ3n) is 10.0. The number of aryl methyl sites for hydroxylation is 1. The second-order valence-corrected chi connectivity index (χ2v) is 13.2. The molecule has 258 valence electrons. The van der Waals surface area contributed by atoms with Crippen molar-refractivity contribution in [3.8, 4) is 11.4 Å². The molecule has 0 unspecified atom stereocenters. The molecule has 4 aromatic rings. The summed E-state index contributed by atoms with van der Waals surface area (Å²) in [6, 6.07) is 13.8. The number of hydrogen-bond donors (Lipinski definition) is 2. The van der Waals surface area contributed by atoms with Gasteiger partial charge in [-0.3, -0.25) is 29.6 Å². The molecule has 1 spiro atoms. The Kier molecular flexibility index (Phi) is 8.50. The SMILES string of the molecule is Cn1cnc(-c2ccc(C3=CCN(C(=O)CN4CC[C@]5(CCN(c6ccc(N)c(C(=[NH2+])c7cnccc7C(F)(F)F)c6)C5=O)C4)CC3)cc2)n1. The lowest BCUT2D eigenvalue weighted by Gasteiger charge is -2.29. The molecule has 7 rings (SSSR count). The van der Waals surface area contributed by atoms with Crippen LogP contribution in [-0.2, 0) is 22.8 Å². The van der Waals surface area contributed by atoms with Crippen LogP contribution in [-0.4, -0.2) is 86.3 Å². The standard InChI is InChI=1S/C36H36F3N9O2/c1-45-22-43-33(44-45)25-4-2-23(3-5-25)24-9-14-47(15-10-24)31(49)20-46-16-11-35(21-46)12-17-48(34(35)50)26-6-7-30(40)27(18-26)32(41)28-19-42-13-8-29(28)36(37,38)39/h2-9,13,18-19,22,41H,10-12,14-17,20-21,40H2,1H3/p+1/t35-/m0/s1. The number of benzene rings is 2. The number of pyridine rings is 1. The smallest absolute Gasteiger partial charge is 0.398 e. The van der Waals surface area contributed by atoms with Crippen LogP contribution in [0.5, 0.6) is 0 Å². The van der Waals surface area contributed by atoms with Crippen molar-refractivity contribution in [3.05, 3.63) is 95.6 Å². The molecule has 5 heterocycles. The van der Waals surface area contributed by atoms with Gasteiger partial charge in [-0.15, -0.1) is 0 Å². The fraction of sp³-hybridized carbons (Fsp3) is 0.333. The molecule has 2 amide bonds. The van der Waals surface area contributed by atoms with Crippen LogP contribution in [0.1, 0.15) is 41.5 Å². The van der Waals surface area contributed by atoms with Gasteiger partial charge in [0.25, 0.3) is 0 Å². The second kappa shape index (κ2) is 12.8. The van der Waals surface area contributed by atoms with Gasteiger partial charge in [-0.2, -0.15) is 18.3 Å². The Labute approximate surface area is 286 Å². The zero-order valence-electron chi connectivity index (χ0n) is 27.5. The molecule has 4 N–H and O–H groups in total. The summed E-state index contributed by atoms with van der Waals surface area (Å²) < 4.78 is 42.8. The third-order valence-corrected chi connectivity index (χ3v) is 10.0. The van der Waals surface area contributed by atoms with Crippen molar-refractivity contribution in [3.63, 3.8) is 0 Å². The van der Waals surface area contributed by atoms with Gasteiger partial charge in [0.15, 0.2) is 5.82 Å². The Morgan fingerprint density at radius 1 is 1.02 bits per heavy atom. The van der Waals surface area contributed by atoms with Crippen LogP contribution in [0.4, 0.5) is 24.5 Å². The number of amides is 2. The summed E-state index contributed by atoms with van der Waals surface area (Å²) in [5.74, 6) is 0.628. The second-order valence-electron chi connectivity index (χ2n) is 13.2. The fourth-order valence-electron chi connectivity index (χ4n) is 7.24. The number of nitrogens with zero attached hydrogens (tertiary/aromatic N) is 7. The van der Waals surface area contributed by atoms with Crippen LogP contribution in [0, 0.1) is 5.41 Å². The van der Waals surface area contributed by atoms with Crippen LogP contribution in [0.25, 0.3) is 17.0 Å². The molecule has 2 saturated heterocycles. The topological polar surface area (TPSA) is 139 Å². The zero-order valence-corrected chi connectivity index (χ0v) is 27.5. The van der Waals surface area contributed by atoms with Gasteiger partial charge in [0.05, 0.1) is 28.7 Å². The molecule has 11 nitrogen and oxygen atoms in total. The minimum absolute atomic E-state index is 0.0269. The molecule has 50 heavy (non-hydrogen) atoms. The van der Waals surface area contributed by atoms with Crippen molar-refractivity contribution in [2.45, 2.75) is 25.4 Å². The summed E-state index contributed by atoms with van der Waals surface area (Å²) in [4.78, 5) is 41.0. The molecule has 3 aliphatic rings. The third kappa shape index (κ3) is 6.26. The minimum atomic E-state index is -4.64. The number of nitrogens with two attached hydrogens (primary N) is 2. The van der Waals surface area contributed by atoms with Gasteiger partial charge in [-0.05, 0) is 61.2 Å². The van der Waals surface area contributed by atoms with Crippen LogP contribution in [0.2, 0.25) is 0 Å². The molecule has 3 aliphatic heterocycles. The van der Waals surface area contributed by atoms with E-state index >= 15 is 0 Å². The van der Waals surface area contributed by atoms with Gasteiger partial charge in [0, 0.05) is 62.6 Å². The quantitative estimate of drug-likeness (QED) is 0.226. The number of halogens is 3. The Bertz CT molecular complexity index is 2010. The Morgan fingerprint density at radius 2 is 1.78 bits per heavy atom. The van der Waals surface area contributed by atoms with Crippen LogP contribution >= 0.6 is 0 Å². The van der Waals surface area contributed by atoms with Crippen molar-refractivity contribution in [2.24, 2.45) is 12.5 Å². The van der Waals surface area contributed by atoms with E-state index in [-0.39, 0.29) is 40.9 Å². The van der Waals surface area contributed by atoms with E-state index in [0.29, 0.717) is 57.1 Å². The highest BCUT2D eigenvalue weighted by Gasteiger charge is 2.51. The summed E-state index contributed by atoms with van der Waals surface area (Å²) in [5, 5.41) is 10.6. The van der Waals surface area contributed by atoms with E-state index < -0.39 is 17.2 Å². The first-order valence-corrected chi connectivity index (χ1v) is 16.4. The number of aromatic nitrogens is 4. The summed E-state index contributed by atoms with van der Waals surface area (Å²) >= 11 is 0. The molecular formula is C36H37F3N9O2+. The maximum atomic E-state index is 13.9. The summed E-state index contributed by atoms with van der Waals surface area (Å²) in [7, 11) is 1.83. The number of nitrogen functional groups attached to an aromatic ring is 1. The van der Waals surface area contributed by atoms with Crippen LogP contribution in [0.15, 0.2) is 73.3 Å². The van der Waals surface area contributed by atoms with Crippen molar-refractivity contribution in [2.75, 3.05) is 49.9 Å². The van der Waals surface area contributed by atoms with Gasteiger partial charge in [-0.1, -0.05) is 30.3 Å². The number of likely N-dealkylation sites (tertiary alicyclic amines) is 1. The van der Waals surface area contributed by atoms with Crippen LogP contribution < -0.4 is 16.0 Å². The van der Waals surface area contributed by atoms with E-state index in [0.717, 1.165) is 36.0 Å². The van der Waals surface area contributed by atoms with Crippen molar-refractivity contribution in [1.29, 1.82) is 0 Å². The molecule has 0 aliphatic carbocycles. The molecule has 0 saturated carbocycles. The van der Waals surface area contributed by atoms with E-state index in [9.17, 15) is 22.8 Å². The number of rotatable bonds is 7. The lowest BCUT2D eigenvalue weighted by Crippen LogP contribution is -2.43. The fourth-order valence-corrected chi connectivity index (χ4v) is 7.24. The van der Waals surface area contributed by atoms with Crippen LogP contribution in [0.3, 0.4) is 0 Å². The monoisotopic (exact) mass is 684 g/mol. The molecule has 2 fully saturated rings. The highest BCUT2D eigenvalue weighted by Crippen LogP contribution is 2.43. The number of alkyl halides is 3. The number of hydrogen-bond acceptors (Lipinski definition) is 7. The molecule has 2 aromatic heterocycles. The van der Waals surface area contributed by atoms with Gasteiger partial charge in [-0.25, -0.2) is 4.98 Å². The first kappa shape index (κ1) is 33.1. The molecule has 14 heteroatoms. The van der Waals surface area contributed by atoms with Gasteiger partial charge < -0.3 is 15.5 Å². The van der Waals surface area contributed by atoms with Gasteiger partial charge in [0.1, 0.15) is 6.33 Å². The molecule has 0 radical (unpaired) electrons. The van der Waals surface area contributed by atoms with Crippen molar-refractivity contribution < 1.29 is 28.2 Å². The largest absolute Gasteiger partial charge is 0.417 e. The lowest BCUT2D eigenvalue weighted by atomic mass is 9.85. The number of carbonyl (C=O) groups is 2. The van der Waals surface area contributed by atoms with Gasteiger partial charge >= 0.3 is 6.18 Å². The maximum Gasteiger partial charge on any atom is 0.417 e. The summed E-state index contributed by atoms with van der Waals surface area (Å²) in [5.41, 5.74) is 8.29. The van der Waals surface area contributed by atoms with E-state index in [1.165, 1.54) is 5.57 Å². The molecule has 2 aromatic carbocycles.